The van der Waals surface area contributed by atoms with Crippen LogP contribution in [-0.4, -0.2) is 36.2 Å². The minimum Gasteiger partial charge on any atom is -0.506 e. The van der Waals surface area contributed by atoms with Crippen LogP contribution in [0.5, 0.6) is 5.75 Å². The first-order chi connectivity index (χ1) is 17.9. The molecule has 1 aliphatic heterocycles. The number of hydrogen-bond acceptors (Lipinski definition) is 3. The zero-order valence-corrected chi connectivity index (χ0v) is 24.1. The van der Waals surface area contributed by atoms with Crippen molar-refractivity contribution >= 4 is 31.9 Å². The van der Waals surface area contributed by atoms with Gasteiger partial charge < -0.3 is 15.3 Å². The third-order valence-corrected chi connectivity index (χ3v) is 8.43. The Kier molecular flexibility index (Phi) is 10.5. The number of likely N-dealkylation sites (tertiary alicyclic amines) is 1. The third-order valence-electron chi connectivity index (χ3n) is 7.22. The summed E-state index contributed by atoms with van der Waals surface area (Å²) in [6, 6.07) is 17.3. The summed E-state index contributed by atoms with van der Waals surface area (Å²) in [5.41, 5.74) is 3.29. The van der Waals surface area contributed by atoms with Gasteiger partial charge in [-0.25, -0.2) is 8.78 Å². The molecule has 1 unspecified atom stereocenters. The first kappa shape index (κ1) is 28.2. The Hall–Kier alpha value is -1.80. The van der Waals surface area contributed by atoms with Crippen LogP contribution in [0.4, 0.5) is 8.78 Å². The molecule has 1 atom stereocenters. The summed E-state index contributed by atoms with van der Waals surface area (Å²) in [7, 11) is 0. The van der Waals surface area contributed by atoms with E-state index in [0.29, 0.717) is 14.9 Å². The van der Waals surface area contributed by atoms with Crippen LogP contribution in [-0.2, 0) is 6.54 Å². The van der Waals surface area contributed by atoms with E-state index in [1.807, 2.05) is 36.4 Å². The number of nitrogens with zero attached hydrogens (tertiary/aromatic N) is 1. The second-order valence-corrected chi connectivity index (χ2v) is 11.7. The van der Waals surface area contributed by atoms with Crippen molar-refractivity contribution in [2.45, 2.75) is 44.6 Å². The number of nitrogens with one attached hydrogen (secondary N) is 1. The molecule has 1 fully saturated rings. The number of hydrogen-bond donors (Lipinski definition) is 2. The first-order valence-electron chi connectivity index (χ1n) is 13.0. The van der Waals surface area contributed by atoms with Crippen LogP contribution >= 0.6 is 31.9 Å². The molecule has 3 aromatic carbocycles. The highest BCUT2D eigenvalue weighted by Gasteiger charge is 2.22. The van der Waals surface area contributed by atoms with Gasteiger partial charge in [-0.2, -0.15) is 0 Å². The zero-order chi connectivity index (χ0) is 26.2. The zero-order valence-electron chi connectivity index (χ0n) is 20.9. The molecule has 198 valence electrons. The van der Waals surface area contributed by atoms with Gasteiger partial charge in [0.25, 0.3) is 0 Å². The molecule has 0 aromatic heterocycles. The average molecular weight is 636 g/mol. The predicted molar refractivity (Wildman–Crippen MR) is 153 cm³/mol. The largest absolute Gasteiger partial charge is 0.506 e. The maximum Gasteiger partial charge on any atom is 0.143 e. The lowest BCUT2D eigenvalue weighted by Crippen LogP contribution is -2.27. The Bertz CT molecular complexity index is 1070. The fraction of sp³-hybridized carbons (Fsp3) is 0.400. The normalized spacial score (nSPS) is 16.1. The molecule has 0 bridgehead atoms. The third kappa shape index (κ3) is 8.34. The van der Waals surface area contributed by atoms with E-state index >= 15 is 0 Å². The highest BCUT2D eigenvalue weighted by atomic mass is 79.9. The van der Waals surface area contributed by atoms with Crippen molar-refractivity contribution in [3.63, 3.8) is 0 Å². The van der Waals surface area contributed by atoms with Gasteiger partial charge in [0, 0.05) is 19.0 Å². The molecular weight excluding hydrogens is 602 g/mol. The lowest BCUT2D eigenvalue weighted by atomic mass is 9.87. The van der Waals surface area contributed by atoms with Gasteiger partial charge in [0.2, 0.25) is 0 Å². The number of benzene rings is 3. The molecule has 37 heavy (non-hydrogen) atoms. The van der Waals surface area contributed by atoms with Crippen LogP contribution in [0.2, 0.25) is 0 Å². The van der Waals surface area contributed by atoms with E-state index in [1.54, 1.807) is 0 Å². The van der Waals surface area contributed by atoms with E-state index in [-0.39, 0.29) is 23.3 Å². The minimum absolute atomic E-state index is 0.151. The SMILES string of the molecule is Oc1c(Br)cc(CNCC2CCN(CCCCCC(c3ccc(F)cc3)c3ccc(F)cc3)C2)cc1Br. The summed E-state index contributed by atoms with van der Waals surface area (Å²) in [6.45, 7) is 5.16. The Balaban J connectivity index is 1.17. The van der Waals surface area contributed by atoms with Crippen LogP contribution in [0.15, 0.2) is 69.6 Å². The van der Waals surface area contributed by atoms with Crippen LogP contribution in [0, 0.1) is 17.6 Å². The molecule has 1 heterocycles. The molecule has 0 aliphatic carbocycles. The van der Waals surface area contributed by atoms with Crippen molar-refractivity contribution in [3.8, 4) is 5.75 Å². The number of rotatable bonds is 12. The molecule has 2 N–H and O–H groups in total. The lowest BCUT2D eigenvalue weighted by Gasteiger charge is -2.19. The number of halogens is 4. The van der Waals surface area contributed by atoms with E-state index in [0.717, 1.165) is 75.1 Å². The molecule has 0 radical (unpaired) electrons. The Morgan fingerprint density at radius 2 is 1.49 bits per heavy atom. The van der Waals surface area contributed by atoms with E-state index in [2.05, 4.69) is 42.1 Å². The average Bonchev–Trinajstić information content (AvgIpc) is 3.34. The van der Waals surface area contributed by atoms with Crippen molar-refractivity contribution in [3.05, 3.63) is 97.9 Å². The number of unbranched alkanes of at least 4 members (excludes halogenated alkanes) is 2. The smallest absolute Gasteiger partial charge is 0.143 e. The van der Waals surface area contributed by atoms with Gasteiger partial charge in [0.05, 0.1) is 8.95 Å². The summed E-state index contributed by atoms with van der Waals surface area (Å²) in [6.07, 6.45) is 5.56. The maximum atomic E-state index is 13.5. The van der Waals surface area contributed by atoms with Gasteiger partial charge in [-0.3, -0.25) is 0 Å². The van der Waals surface area contributed by atoms with Crippen molar-refractivity contribution < 1.29 is 13.9 Å². The molecule has 0 saturated carbocycles. The lowest BCUT2D eigenvalue weighted by molar-refractivity contribution is 0.312. The van der Waals surface area contributed by atoms with Gasteiger partial charge in [-0.1, -0.05) is 37.1 Å². The second kappa shape index (κ2) is 13.8. The van der Waals surface area contributed by atoms with Crippen LogP contribution in [0.25, 0.3) is 0 Å². The van der Waals surface area contributed by atoms with Gasteiger partial charge in [0.15, 0.2) is 0 Å². The monoisotopic (exact) mass is 634 g/mol. The summed E-state index contributed by atoms with van der Waals surface area (Å²) >= 11 is 6.79. The Morgan fingerprint density at radius 3 is 2.08 bits per heavy atom. The van der Waals surface area contributed by atoms with Gasteiger partial charge in [0.1, 0.15) is 17.4 Å². The minimum atomic E-state index is -0.234. The van der Waals surface area contributed by atoms with Gasteiger partial charge in [-0.05, 0) is 130 Å². The van der Waals surface area contributed by atoms with Crippen molar-refractivity contribution in [2.24, 2.45) is 5.92 Å². The fourth-order valence-electron chi connectivity index (χ4n) is 5.20. The summed E-state index contributed by atoms with van der Waals surface area (Å²) in [5, 5.41) is 13.4. The highest BCUT2D eigenvalue weighted by Crippen LogP contribution is 2.33. The molecule has 4 rings (SSSR count). The molecule has 3 nitrogen and oxygen atoms in total. The maximum absolute atomic E-state index is 13.5. The number of phenols is 1. The molecule has 7 heteroatoms. The molecular formula is C30H34Br2F2N2O. The van der Waals surface area contributed by atoms with Crippen LogP contribution in [0.1, 0.15) is 54.7 Å². The molecule has 1 aliphatic rings. The summed E-state index contributed by atoms with van der Waals surface area (Å²) < 4.78 is 28.3. The molecule has 1 saturated heterocycles. The van der Waals surface area contributed by atoms with Crippen LogP contribution < -0.4 is 5.32 Å². The second-order valence-electron chi connectivity index (χ2n) is 10.00. The van der Waals surface area contributed by atoms with E-state index < -0.39 is 0 Å². The predicted octanol–water partition coefficient (Wildman–Crippen LogP) is 8.00. The van der Waals surface area contributed by atoms with Crippen LogP contribution in [0.3, 0.4) is 0 Å². The number of aromatic hydroxyl groups is 1. The van der Waals surface area contributed by atoms with Crippen molar-refractivity contribution in [1.82, 2.24) is 10.2 Å². The quantitative estimate of drug-likeness (QED) is 0.198. The molecule has 0 amide bonds. The van der Waals surface area contributed by atoms with Gasteiger partial charge in [-0.15, -0.1) is 0 Å². The topological polar surface area (TPSA) is 35.5 Å². The number of phenolic OH excluding ortho intramolecular Hbond substituents is 1. The van der Waals surface area contributed by atoms with Crippen molar-refractivity contribution in [1.29, 1.82) is 0 Å². The molecule has 0 spiro atoms. The standard InChI is InChI=1S/C30H34Br2F2N2O/c31-28-16-22(17-29(32)30(28)37)19-35-18-21-13-15-36(20-21)14-3-1-2-4-27(23-5-9-25(33)10-6-23)24-7-11-26(34)12-8-24/h5-12,16-17,21,27,35,37H,1-4,13-15,18-20H2. The Labute approximate surface area is 235 Å². The van der Waals surface area contributed by atoms with Crippen molar-refractivity contribution in [2.75, 3.05) is 26.2 Å². The van der Waals surface area contributed by atoms with E-state index in [9.17, 15) is 13.9 Å². The van der Waals surface area contributed by atoms with E-state index in [1.165, 1.54) is 30.7 Å². The van der Waals surface area contributed by atoms with Gasteiger partial charge >= 0.3 is 0 Å². The summed E-state index contributed by atoms with van der Waals surface area (Å²) in [4.78, 5) is 2.57. The first-order valence-corrected chi connectivity index (χ1v) is 14.6. The molecule has 3 aromatic rings. The fourth-order valence-corrected chi connectivity index (χ4v) is 6.48. The Morgan fingerprint density at radius 1 is 0.892 bits per heavy atom. The summed E-state index contributed by atoms with van der Waals surface area (Å²) in [5.74, 6) is 0.574. The highest BCUT2D eigenvalue weighted by molar-refractivity contribution is 9.11. The van der Waals surface area contributed by atoms with E-state index in [4.69, 9.17) is 0 Å².